The van der Waals surface area contributed by atoms with E-state index in [1.54, 1.807) is 17.9 Å². The highest BCUT2D eigenvalue weighted by Crippen LogP contribution is 2.29. The topological polar surface area (TPSA) is 91.3 Å². The standard InChI is InChI=1S/C27H42F3N3O5/c1-18-15-33(19(2)17-34)26(36)22-14-21(31-25(35)11-12-27(28,29)30)9-10-23(22)38-20(3)8-6-7-13-37-24(18)16-32(4)5/h9-10,14,18-20,24,34H,6-8,11-13,15-17H2,1-5H3,(H,31,35)/t18-,19+,20-,24-/m1/s1. The molecule has 0 saturated heterocycles. The largest absolute Gasteiger partial charge is 0.490 e. The number of anilines is 1. The molecule has 0 bridgehead atoms. The molecule has 0 spiro atoms. The Hall–Kier alpha value is -2.37. The Kier molecular flexibility index (Phi) is 12.3. The highest BCUT2D eigenvalue weighted by Gasteiger charge is 2.31. The molecular weight excluding hydrogens is 503 g/mol. The number of aliphatic hydroxyl groups is 1. The van der Waals surface area contributed by atoms with E-state index < -0.39 is 36.9 Å². The highest BCUT2D eigenvalue weighted by molar-refractivity contribution is 5.99. The van der Waals surface area contributed by atoms with E-state index in [0.717, 1.165) is 19.3 Å². The number of aliphatic hydroxyl groups excluding tert-OH is 1. The van der Waals surface area contributed by atoms with Gasteiger partial charge in [-0.3, -0.25) is 9.59 Å². The van der Waals surface area contributed by atoms with Gasteiger partial charge < -0.3 is 29.7 Å². The van der Waals surface area contributed by atoms with Crippen molar-refractivity contribution in [1.29, 1.82) is 0 Å². The van der Waals surface area contributed by atoms with Crippen molar-refractivity contribution in [3.05, 3.63) is 23.8 Å². The molecule has 1 heterocycles. The van der Waals surface area contributed by atoms with Crippen LogP contribution in [0.15, 0.2) is 18.2 Å². The smallest absolute Gasteiger partial charge is 0.389 e. The summed E-state index contributed by atoms with van der Waals surface area (Å²) in [6.07, 6.45) is -4.29. The van der Waals surface area contributed by atoms with Crippen LogP contribution in [0, 0.1) is 5.92 Å². The SMILES string of the molecule is C[C@@H]1CCCCO[C@H](CN(C)C)[C@H](C)CN([C@@H](C)CO)C(=O)c2cc(NC(=O)CCC(F)(F)F)ccc2O1. The molecule has 1 aromatic rings. The summed E-state index contributed by atoms with van der Waals surface area (Å²) in [5.74, 6) is -0.959. The molecule has 0 aromatic heterocycles. The molecule has 1 aromatic carbocycles. The fourth-order valence-electron chi connectivity index (χ4n) is 4.30. The molecule has 2 amide bonds. The lowest BCUT2D eigenvalue weighted by molar-refractivity contribution is -0.142. The molecule has 1 aliphatic heterocycles. The normalized spacial score (nSPS) is 22.8. The number of likely N-dealkylation sites (N-methyl/N-ethyl adjacent to an activating group) is 1. The quantitative estimate of drug-likeness (QED) is 0.530. The van der Waals surface area contributed by atoms with Crippen LogP contribution >= 0.6 is 0 Å². The van der Waals surface area contributed by atoms with E-state index >= 15 is 0 Å². The van der Waals surface area contributed by atoms with Gasteiger partial charge in [-0.05, 0) is 65.4 Å². The van der Waals surface area contributed by atoms with E-state index in [9.17, 15) is 27.9 Å². The molecule has 1 aliphatic rings. The van der Waals surface area contributed by atoms with Gasteiger partial charge in [0, 0.05) is 37.7 Å². The predicted octanol–water partition coefficient (Wildman–Crippen LogP) is 4.32. The number of fused-ring (bicyclic) bond motifs is 1. The molecule has 0 radical (unpaired) electrons. The number of nitrogens with one attached hydrogen (secondary N) is 1. The number of hydrogen-bond acceptors (Lipinski definition) is 6. The van der Waals surface area contributed by atoms with Crippen LogP contribution in [0.4, 0.5) is 18.9 Å². The molecule has 8 nitrogen and oxygen atoms in total. The Bertz CT molecular complexity index is 912. The van der Waals surface area contributed by atoms with E-state index in [2.05, 4.69) is 5.32 Å². The Morgan fingerprint density at radius 3 is 2.61 bits per heavy atom. The third-order valence-electron chi connectivity index (χ3n) is 6.52. The number of alkyl halides is 3. The average Bonchev–Trinajstić information content (AvgIpc) is 2.83. The van der Waals surface area contributed by atoms with Crippen LogP contribution in [0.25, 0.3) is 0 Å². The molecule has 0 saturated carbocycles. The van der Waals surface area contributed by atoms with Crippen molar-refractivity contribution < 1.29 is 37.3 Å². The minimum atomic E-state index is -4.44. The first-order valence-electron chi connectivity index (χ1n) is 13.2. The first kappa shape index (κ1) is 31.8. The van der Waals surface area contributed by atoms with Crippen molar-refractivity contribution in [2.24, 2.45) is 5.92 Å². The number of ether oxygens (including phenoxy) is 2. The number of nitrogens with zero attached hydrogens (tertiary/aromatic N) is 2. The van der Waals surface area contributed by atoms with Crippen LogP contribution in [-0.4, -0.2) is 91.5 Å². The van der Waals surface area contributed by atoms with Gasteiger partial charge in [0.25, 0.3) is 5.91 Å². The molecule has 0 fully saturated rings. The Morgan fingerprint density at radius 2 is 1.97 bits per heavy atom. The minimum Gasteiger partial charge on any atom is -0.490 e. The molecule has 2 N–H and O–H groups in total. The molecule has 0 unspecified atom stereocenters. The predicted molar refractivity (Wildman–Crippen MR) is 139 cm³/mol. The van der Waals surface area contributed by atoms with Crippen LogP contribution in [-0.2, 0) is 9.53 Å². The van der Waals surface area contributed by atoms with Crippen LogP contribution in [0.2, 0.25) is 0 Å². The number of carbonyl (C=O) groups excluding carboxylic acids is 2. The molecular formula is C27H42F3N3O5. The lowest BCUT2D eigenvalue weighted by Gasteiger charge is -2.35. The molecule has 216 valence electrons. The van der Waals surface area contributed by atoms with E-state index in [0.29, 0.717) is 25.4 Å². The summed E-state index contributed by atoms with van der Waals surface area (Å²) < 4.78 is 49.9. The lowest BCUT2D eigenvalue weighted by atomic mass is 10.0. The van der Waals surface area contributed by atoms with Gasteiger partial charge in [0.2, 0.25) is 5.91 Å². The van der Waals surface area contributed by atoms with Gasteiger partial charge in [-0.15, -0.1) is 0 Å². The minimum absolute atomic E-state index is 0.0631. The van der Waals surface area contributed by atoms with E-state index in [1.807, 2.05) is 32.8 Å². The summed E-state index contributed by atoms with van der Waals surface area (Å²) in [5, 5.41) is 12.4. The van der Waals surface area contributed by atoms with Crippen LogP contribution in [0.5, 0.6) is 5.75 Å². The van der Waals surface area contributed by atoms with E-state index in [-0.39, 0.29) is 36.0 Å². The molecule has 11 heteroatoms. The van der Waals surface area contributed by atoms with Crippen LogP contribution in [0.3, 0.4) is 0 Å². The number of rotatable bonds is 7. The maximum Gasteiger partial charge on any atom is 0.389 e. The summed E-state index contributed by atoms with van der Waals surface area (Å²) in [6, 6.07) is 3.97. The highest BCUT2D eigenvalue weighted by atomic mass is 19.4. The third kappa shape index (κ3) is 10.4. The summed E-state index contributed by atoms with van der Waals surface area (Å²) in [6.45, 7) is 6.93. The molecule has 4 atom stereocenters. The van der Waals surface area contributed by atoms with Crippen molar-refractivity contribution >= 4 is 17.5 Å². The van der Waals surface area contributed by atoms with Crippen LogP contribution < -0.4 is 10.1 Å². The maximum absolute atomic E-state index is 13.9. The Morgan fingerprint density at radius 1 is 1.26 bits per heavy atom. The van der Waals surface area contributed by atoms with Gasteiger partial charge in [0.15, 0.2) is 0 Å². The molecule has 2 rings (SSSR count). The summed E-state index contributed by atoms with van der Waals surface area (Å²) in [5.41, 5.74) is 0.361. The summed E-state index contributed by atoms with van der Waals surface area (Å²) >= 11 is 0. The second-order valence-corrected chi connectivity index (χ2v) is 10.4. The number of halogens is 3. The van der Waals surface area contributed by atoms with Gasteiger partial charge in [0.1, 0.15) is 5.75 Å². The van der Waals surface area contributed by atoms with Crippen molar-refractivity contribution in [3.8, 4) is 5.75 Å². The zero-order valence-electron chi connectivity index (χ0n) is 23.0. The summed E-state index contributed by atoms with van der Waals surface area (Å²) in [4.78, 5) is 29.6. The summed E-state index contributed by atoms with van der Waals surface area (Å²) in [7, 11) is 3.92. The number of hydrogen-bond donors (Lipinski definition) is 2. The fraction of sp³-hybridized carbons (Fsp3) is 0.704. The zero-order chi connectivity index (χ0) is 28.5. The van der Waals surface area contributed by atoms with Crippen molar-refractivity contribution in [1.82, 2.24) is 9.80 Å². The fourth-order valence-corrected chi connectivity index (χ4v) is 4.30. The van der Waals surface area contributed by atoms with Gasteiger partial charge in [0.05, 0.1) is 36.8 Å². The van der Waals surface area contributed by atoms with Gasteiger partial charge >= 0.3 is 6.18 Å². The average molecular weight is 546 g/mol. The third-order valence-corrected chi connectivity index (χ3v) is 6.52. The zero-order valence-corrected chi connectivity index (χ0v) is 23.0. The Labute approximate surface area is 223 Å². The van der Waals surface area contributed by atoms with Gasteiger partial charge in [-0.2, -0.15) is 13.2 Å². The number of benzene rings is 1. The second-order valence-electron chi connectivity index (χ2n) is 10.4. The van der Waals surface area contributed by atoms with Crippen LogP contribution in [0.1, 0.15) is 63.2 Å². The van der Waals surface area contributed by atoms with Gasteiger partial charge in [-0.25, -0.2) is 0 Å². The van der Waals surface area contributed by atoms with E-state index in [4.69, 9.17) is 9.47 Å². The van der Waals surface area contributed by atoms with Gasteiger partial charge in [-0.1, -0.05) is 6.92 Å². The van der Waals surface area contributed by atoms with Crippen molar-refractivity contribution in [3.63, 3.8) is 0 Å². The maximum atomic E-state index is 13.9. The lowest BCUT2D eigenvalue weighted by Crippen LogP contribution is -2.47. The second kappa shape index (κ2) is 14.7. The van der Waals surface area contributed by atoms with Crippen molar-refractivity contribution in [2.45, 2.75) is 77.3 Å². The number of amides is 2. The number of carbonyl (C=O) groups is 2. The molecule has 0 aliphatic carbocycles. The first-order valence-corrected chi connectivity index (χ1v) is 13.2. The molecule has 38 heavy (non-hydrogen) atoms. The van der Waals surface area contributed by atoms with E-state index in [1.165, 1.54) is 12.1 Å². The first-order chi connectivity index (χ1) is 17.8. The Balaban J connectivity index is 2.43. The van der Waals surface area contributed by atoms with Crippen molar-refractivity contribution in [2.75, 3.05) is 45.7 Å². The monoisotopic (exact) mass is 545 g/mol.